The van der Waals surface area contributed by atoms with Gasteiger partial charge < -0.3 is 9.47 Å². The zero-order chi connectivity index (χ0) is 17.2. The number of hydrogen-bond donors (Lipinski definition) is 1. The molecule has 0 spiro atoms. The number of ether oxygens (including phenoxy) is 2. The Hall–Kier alpha value is -1.95. The molecule has 1 aromatic rings. The van der Waals surface area contributed by atoms with Gasteiger partial charge in [0.1, 0.15) is 11.5 Å². The highest BCUT2D eigenvalue weighted by Gasteiger charge is 2.41. The molecule has 1 N–H and O–H groups in total. The summed E-state index contributed by atoms with van der Waals surface area (Å²) >= 11 is 1.37. The predicted molar refractivity (Wildman–Crippen MR) is 90.0 cm³/mol. The molecule has 2 heterocycles. The van der Waals surface area contributed by atoms with Crippen molar-refractivity contribution in [2.75, 3.05) is 0 Å². The molecule has 6 heteroatoms. The first-order valence-corrected chi connectivity index (χ1v) is 8.48. The average molecular weight is 335 g/mol. The Bertz CT molecular complexity index is 685. The van der Waals surface area contributed by atoms with Gasteiger partial charge in [0.15, 0.2) is 17.1 Å². The van der Waals surface area contributed by atoms with Crippen molar-refractivity contribution in [2.24, 2.45) is 0 Å². The van der Waals surface area contributed by atoms with Crippen molar-refractivity contribution in [1.82, 2.24) is 0 Å². The summed E-state index contributed by atoms with van der Waals surface area (Å²) in [5.74, 6) is 0.0975. The van der Waals surface area contributed by atoms with E-state index in [-0.39, 0.29) is 17.3 Å². The summed E-state index contributed by atoms with van der Waals surface area (Å²) in [6.07, 6.45) is 1.93. The molecule has 0 saturated heterocycles. The topological polar surface area (TPSA) is 76.5 Å². The van der Waals surface area contributed by atoms with E-state index in [9.17, 15) is 9.59 Å². The van der Waals surface area contributed by atoms with E-state index in [1.54, 1.807) is 19.9 Å². The number of nitrogens with one attached hydrogen (secondary N) is 1. The molecule has 0 radical (unpaired) electrons. The van der Waals surface area contributed by atoms with Crippen molar-refractivity contribution in [3.8, 4) is 5.75 Å². The Morgan fingerprint density at radius 1 is 1.39 bits per heavy atom. The fourth-order valence-electron chi connectivity index (χ4n) is 2.43. The number of carbonyl (C=O) groups excluding carboxylic acids is 2. The minimum atomic E-state index is -0.924. The molecule has 5 nitrogen and oxygen atoms in total. The Balaban J connectivity index is 2.54. The lowest BCUT2D eigenvalue weighted by Gasteiger charge is -2.34. The summed E-state index contributed by atoms with van der Waals surface area (Å²) in [6.45, 7) is 6.81. The third-order valence-electron chi connectivity index (χ3n) is 3.53. The molecule has 124 valence electrons. The van der Waals surface area contributed by atoms with Crippen LogP contribution >= 0.6 is 11.3 Å². The second kappa shape index (κ2) is 6.66. The maximum absolute atomic E-state index is 12.3. The summed E-state index contributed by atoms with van der Waals surface area (Å²) in [6, 6.07) is 1.80. The van der Waals surface area contributed by atoms with E-state index in [4.69, 9.17) is 14.9 Å². The highest BCUT2D eigenvalue weighted by molar-refractivity contribution is 7.12. The van der Waals surface area contributed by atoms with Crippen LogP contribution in [0.1, 0.15) is 51.8 Å². The molecule has 0 fully saturated rings. The first-order valence-electron chi connectivity index (χ1n) is 7.60. The van der Waals surface area contributed by atoms with E-state index in [1.165, 1.54) is 18.3 Å². The van der Waals surface area contributed by atoms with Gasteiger partial charge in [-0.2, -0.15) is 0 Å². The lowest BCUT2D eigenvalue weighted by molar-refractivity contribution is -0.139. The lowest BCUT2D eigenvalue weighted by Crippen LogP contribution is -2.38. The van der Waals surface area contributed by atoms with Gasteiger partial charge in [0.25, 0.3) is 0 Å². The van der Waals surface area contributed by atoms with Crippen molar-refractivity contribution in [3.63, 3.8) is 0 Å². The van der Waals surface area contributed by atoms with Gasteiger partial charge in [0.05, 0.1) is 10.5 Å². The summed E-state index contributed by atoms with van der Waals surface area (Å²) in [5.41, 5.74) is -0.663. The first kappa shape index (κ1) is 17.4. The van der Waals surface area contributed by atoms with Crippen LogP contribution in [-0.4, -0.2) is 23.1 Å². The Morgan fingerprint density at radius 3 is 2.70 bits per heavy atom. The van der Waals surface area contributed by atoms with Crippen molar-refractivity contribution in [2.45, 2.75) is 52.6 Å². The maximum Gasteiger partial charge on any atom is 0.307 e. The Labute approximate surface area is 139 Å². The smallest absolute Gasteiger partial charge is 0.307 e. The van der Waals surface area contributed by atoms with E-state index < -0.39 is 11.6 Å². The highest BCUT2D eigenvalue weighted by Crippen LogP contribution is 2.44. The molecule has 1 aliphatic rings. The molecule has 2 rings (SSSR count). The first-order chi connectivity index (χ1) is 10.8. The summed E-state index contributed by atoms with van der Waals surface area (Å²) in [7, 11) is 0. The SMILES string of the molecule is CCCCC(=O)C(=N)C1=C(OC(C)=O)C(C)(C)Oc2ccsc21. The second-order valence-corrected chi connectivity index (χ2v) is 6.84. The molecular weight excluding hydrogens is 314 g/mol. The largest absolute Gasteiger partial charge is 0.478 e. The Morgan fingerprint density at radius 2 is 2.09 bits per heavy atom. The molecule has 0 aromatic carbocycles. The third-order valence-corrected chi connectivity index (χ3v) is 4.44. The average Bonchev–Trinajstić information content (AvgIpc) is 2.90. The van der Waals surface area contributed by atoms with Crippen LogP contribution in [0.5, 0.6) is 5.75 Å². The number of fused-ring (bicyclic) bond motifs is 1. The van der Waals surface area contributed by atoms with Crippen LogP contribution in [0.15, 0.2) is 17.2 Å². The number of rotatable bonds is 6. The molecule has 23 heavy (non-hydrogen) atoms. The van der Waals surface area contributed by atoms with E-state index in [2.05, 4.69) is 0 Å². The molecule has 0 amide bonds. The molecule has 0 bridgehead atoms. The number of unbranched alkanes of at least 4 members (excludes halogenated alkanes) is 1. The van der Waals surface area contributed by atoms with Crippen molar-refractivity contribution >= 4 is 34.4 Å². The monoisotopic (exact) mass is 335 g/mol. The molecule has 1 aliphatic heterocycles. The number of carbonyl (C=O) groups is 2. The van der Waals surface area contributed by atoms with Gasteiger partial charge in [-0.15, -0.1) is 11.3 Å². The molecule has 0 aliphatic carbocycles. The van der Waals surface area contributed by atoms with Gasteiger partial charge in [-0.25, -0.2) is 0 Å². The minimum absolute atomic E-state index is 0.116. The van der Waals surface area contributed by atoms with Gasteiger partial charge in [0, 0.05) is 13.3 Å². The van der Waals surface area contributed by atoms with Crippen molar-refractivity contribution in [3.05, 3.63) is 22.1 Å². The number of hydrogen-bond acceptors (Lipinski definition) is 6. The number of ketones is 1. The van der Waals surface area contributed by atoms with Crippen molar-refractivity contribution in [1.29, 1.82) is 5.41 Å². The van der Waals surface area contributed by atoms with E-state index in [0.717, 1.165) is 12.8 Å². The molecule has 0 unspecified atom stereocenters. The van der Waals surface area contributed by atoms with Crippen LogP contribution in [0, 0.1) is 5.41 Å². The van der Waals surface area contributed by atoms with E-state index in [0.29, 0.717) is 22.6 Å². The van der Waals surface area contributed by atoms with Gasteiger partial charge in [0.2, 0.25) is 0 Å². The van der Waals surface area contributed by atoms with Gasteiger partial charge in [-0.3, -0.25) is 15.0 Å². The Kier molecular flexibility index (Phi) is 5.04. The highest BCUT2D eigenvalue weighted by atomic mass is 32.1. The fourth-order valence-corrected chi connectivity index (χ4v) is 3.30. The zero-order valence-corrected chi connectivity index (χ0v) is 14.6. The zero-order valence-electron chi connectivity index (χ0n) is 13.8. The maximum atomic E-state index is 12.3. The molecule has 0 atom stereocenters. The second-order valence-electron chi connectivity index (χ2n) is 5.93. The van der Waals surface area contributed by atoms with E-state index >= 15 is 0 Å². The van der Waals surface area contributed by atoms with Crippen LogP contribution in [0.25, 0.3) is 5.57 Å². The van der Waals surface area contributed by atoms with E-state index in [1.807, 2.05) is 12.3 Å². The van der Waals surface area contributed by atoms with Gasteiger partial charge >= 0.3 is 5.97 Å². The molecular formula is C17H21NO4S. The van der Waals surface area contributed by atoms with Crippen LogP contribution < -0.4 is 4.74 Å². The predicted octanol–water partition coefficient (Wildman–Crippen LogP) is 3.97. The van der Waals surface area contributed by atoms with Crippen LogP contribution in [0.4, 0.5) is 0 Å². The quantitative estimate of drug-likeness (QED) is 0.630. The molecule has 0 saturated carbocycles. The van der Waals surface area contributed by atoms with Gasteiger partial charge in [-0.1, -0.05) is 13.3 Å². The van der Waals surface area contributed by atoms with Crippen LogP contribution in [0.2, 0.25) is 0 Å². The minimum Gasteiger partial charge on any atom is -0.478 e. The molecule has 1 aromatic heterocycles. The van der Waals surface area contributed by atoms with Crippen LogP contribution in [0.3, 0.4) is 0 Å². The van der Waals surface area contributed by atoms with Crippen molar-refractivity contribution < 1.29 is 19.1 Å². The standard InChI is InChI=1S/C17H21NO4S/c1-5-6-7-11(20)14(18)13-15-12(8-9-23-15)22-17(3,4)16(13)21-10(2)19/h8-9,18H,5-7H2,1-4H3. The number of Topliss-reactive ketones (excluding diaryl/α,β-unsaturated/α-hetero) is 1. The number of thiophene rings is 1. The lowest BCUT2D eigenvalue weighted by atomic mass is 9.91. The van der Waals surface area contributed by atoms with Gasteiger partial charge in [-0.05, 0) is 31.7 Å². The fraction of sp³-hybridized carbons (Fsp3) is 0.471. The normalized spacial score (nSPS) is 15.7. The summed E-state index contributed by atoms with van der Waals surface area (Å²) in [4.78, 5) is 24.5. The third kappa shape index (κ3) is 3.52. The number of esters is 1. The van der Waals surface area contributed by atoms with Crippen LogP contribution in [-0.2, 0) is 14.3 Å². The summed E-state index contributed by atoms with van der Waals surface area (Å²) in [5, 5.41) is 10.2. The summed E-state index contributed by atoms with van der Waals surface area (Å²) < 4.78 is 11.2. The number of allylic oxidation sites excluding steroid dienone is 1.